The normalized spacial score (nSPS) is 16.0. The van der Waals surface area contributed by atoms with Crippen molar-refractivity contribution in [1.82, 2.24) is 0 Å². The molecule has 0 aliphatic carbocycles. The van der Waals surface area contributed by atoms with Gasteiger partial charge in [-0.2, -0.15) is 0 Å². The Morgan fingerprint density at radius 2 is 1.11 bits per heavy atom. The molecule has 2 N–H and O–H groups in total. The Labute approximate surface area is 213 Å². The largest absolute Gasteiger partial charge is 0.550 e. The van der Waals surface area contributed by atoms with E-state index in [-0.39, 0.29) is 24.1 Å². The molecule has 0 radical (unpaired) electrons. The van der Waals surface area contributed by atoms with Gasteiger partial charge in [0.15, 0.2) is 0 Å². The van der Waals surface area contributed by atoms with E-state index in [1.165, 1.54) is 44.9 Å². The van der Waals surface area contributed by atoms with Crippen LogP contribution >= 0.6 is 0 Å². The van der Waals surface area contributed by atoms with Gasteiger partial charge in [-0.15, -0.1) is 0 Å². The van der Waals surface area contributed by atoms with Crippen molar-refractivity contribution in [2.45, 2.75) is 105 Å². The molecule has 7 nitrogen and oxygen atoms in total. The Kier molecular flexibility index (Phi) is 18.3. The monoisotopic (exact) mass is 497 g/mol. The highest BCUT2D eigenvalue weighted by atomic mass is 16.4. The molecule has 0 saturated carbocycles. The fourth-order valence-corrected chi connectivity index (χ4v) is 4.80. The molecule has 0 aliphatic heterocycles. The molecule has 0 aliphatic rings. The fourth-order valence-electron chi connectivity index (χ4n) is 4.80. The third kappa shape index (κ3) is 14.3. The summed E-state index contributed by atoms with van der Waals surface area (Å²) in [6, 6.07) is 0. The van der Waals surface area contributed by atoms with Crippen molar-refractivity contribution in [3.05, 3.63) is 12.2 Å². The average Bonchev–Trinajstić information content (AvgIpc) is 2.82. The quantitative estimate of drug-likeness (QED) is 0.118. The zero-order chi connectivity index (χ0) is 26.7. The first-order valence-electron chi connectivity index (χ1n) is 13.8. The number of nitrogens with zero attached hydrogens (tertiary/aromatic N) is 1. The van der Waals surface area contributed by atoms with E-state index in [4.69, 9.17) is 0 Å². The lowest BCUT2D eigenvalue weighted by Crippen LogP contribution is -2.59. The molecule has 0 fully saturated rings. The molecule has 0 saturated heterocycles. The Balaban J connectivity index is 5.46. The van der Waals surface area contributed by atoms with Gasteiger partial charge in [-0.3, -0.25) is 9.59 Å². The van der Waals surface area contributed by atoms with Gasteiger partial charge in [-0.05, 0) is 38.2 Å². The van der Waals surface area contributed by atoms with Crippen molar-refractivity contribution in [2.75, 3.05) is 26.2 Å². The number of allylic oxidation sites excluding steroid dienone is 1. The number of carboxylic acids is 3. The third-order valence-corrected chi connectivity index (χ3v) is 7.22. The van der Waals surface area contributed by atoms with Gasteiger partial charge in [-0.1, -0.05) is 78.7 Å². The van der Waals surface area contributed by atoms with Crippen LogP contribution in [0.1, 0.15) is 105 Å². The number of unbranched alkanes of at least 4 members (excludes halogenated alkanes) is 8. The highest BCUT2D eigenvalue weighted by molar-refractivity contribution is 5.71. The number of aliphatic carboxylic acids is 3. The van der Waals surface area contributed by atoms with Crippen LogP contribution in [-0.4, -0.2) is 58.8 Å². The number of hydrogen-bond donors (Lipinski definition) is 2. The Morgan fingerprint density at radius 1 is 0.686 bits per heavy atom. The predicted molar refractivity (Wildman–Crippen MR) is 138 cm³/mol. The minimum absolute atomic E-state index is 0.135. The van der Waals surface area contributed by atoms with Gasteiger partial charge in [0.2, 0.25) is 0 Å². The van der Waals surface area contributed by atoms with Crippen LogP contribution in [0.5, 0.6) is 0 Å². The molecule has 3 atom stereocenters. The van der Waals surface area contributed by atoms with Crippen LogP contribution in [0.4, 0.5) is 0 Å². The van der Waals surface area contributed by atoms with E-state index in [0.29, 0.717) is 25.8 Å². The molecule has 0 aromatic rings. The maximum Gasteiger partial charge on any atom is 0.312 e. The van der Waals surface area contributed by atoms with Crippen molar-refractivity contribution >= 4 is 17.9 Å². The van der Waals surface area contributed by atoms with Crippen LogP contribution in [0.3, 0.4) is 0 Å². The van der Waals surface area contributed by atoms with Gasteiger partial charge in [0.05, 0.1) is 32.1 Å². The molecule has 0 bridgehead atoms. The molecule has 7 heteroatoms. The van der Waals surface area contributed by atoms with Gasteiger partial charge in [0.1, 0.15) is 11.8 Å². The lowest BCUT2D eigenvalue weighted by molar-refractivity contribution is -0.929. The zero-order valence-corrected chi connectivity index (χ0v) is 22.7. The van der Waals surface area contributed by atoms with Crippen LogP contribution in [0.15, 0.2) is 12.2 Å². The summed E-state index contributed by atoms with van der Waals surface area (Å²) in [6.45, 7) is 8.61. The number of rotatable bonds is 23. The topological polar surface area (TPSA) is 115 Å². The van der Waals surface area contributed by atoms with Crippen LogP contribution < -0.4 is 5.11 Å². The smallest absolute Gasteiger partial charge is 0.312 e. The summed E-state index contributed by atoms with van der Waals surface area (Å²) in [5.41, 5.74) is 0. The highest BCUT2D eigenvalue weighted by Gasteiger charge is 2.38. The van der Waals surface area contributed by atoms with Crippen LogP contribution in [0, 0.1) is 17.8 Å². The summed E-state index contributed by atoms with van der Waals surface area (Å²) < 4.78 is 0.135. The first-order valence-corrected chi connectivity index (χ1v) is 13.8. The zero-order valence-electron chi connectivity index (χ0n) is 22.7. The number of hydrogen-bond acceptors (Lipinski definition) is 4. The van der Waals surface area contributed by atoms with Crippen LogP contribution in [0.2, 0.25) is 0 Å². The van der Waals surface area contributed by atoms with Gasteiger partial charge in [0, 0.05) is 5.92 Å². The van der Waals surface area contributed by atoms with E-state index in [1.807, 2.05) is 6.08 Å². The second-order valence-electron chi connectivity index (χ2n) is 10.1. The van der Waals surface area contributed by atoms with Gasteiger partial charge < -0.3 is 24.6 Å². The van der Waals surface area contributed by atoms with E-state index in [0.717, 1.165) is 12.8 Å². The Morgan fingerprint density at radius 3 is 1.51 bits per heavy atom. The molecule has 0 rings (SSSR count). The number of quaternary nitrogens is 1. The van der Waals surface area contributed by atoms with Gasteiger partial charge in [-0.25, -0.2) is 0 Å². The van der Waals surface area contributed by atoms with Gasteiger partial charge in [0.25, 0.3) is 0 Å². The van der Waals surface area contributed by atoms with Crippen molar-refractivity contribution in [3.8, 4) is 0 Å². The molecule has 35 heavy (non-hydrogen) atoms. The summed E-state index contributed by atoms with van der Waals surface area (Å²) >= 11 is 0. The third-order valence-electron chi connectivity index (χ3n) is 7.22. The van der Waals surface area contributed by atoms with E-state index >= 15 is 0 Å². The maximum absolute atomic E-state index is 11.9. The molecular weight excluding hydrogens is 446 g/mol. The lowest BCUT2D eigenvalue weighted by atomic mass is 9.96. The summed E-state index contributed by atoms with van der Waals surface area (Å²) in [5.74, 6) is -5.10. The van der Waals surface area contributed by atoms with Crippen LogP contribution in [0.25, 0.3) is 0 Å². The minimum Gasteiger partial charge on any atom is -0.550 e. The second-order valence-corrected chi connectivity index (χ2v) is 10.1. The molecule has 3 unspecified atom stereocenters. The molecule has 0 aromatic heterocycles. The molecule has 204 valence electrons. The predicted octanol–water partition coefficient (Wildman–Crippen LogP) is 4.89. The van der Waals surface area contributed by atoms with Gasteiger partial charge >= 0.3 is 11.9 Å². The second kappa shape index (κ2) is 19.3. The Hall–Kier alpha value is -1.89. The standard InChI is InChI=1S/C28H51NO6/c1-5-9-10-11-12-13-14-15-16-17-18-19-29(20-23(6-2)26(30)31,21-24(7-3)27(32)33)22-25(8-4)28(34)35/h17-18,23-25H,5-16,19-22H2,1-4H3,(H2-,30,31,32,33,34,35)/b18-17+. The molecule has 0 aromatic carbocycles. The van der Waals surface area contributed by atoms with Crippen molar-refractivity contribution in [3.63, 3.8) is 0 Å². The van der Waals surface area contributed by atoms with E-state index in [1.54, 1.807) is 20.8 Å². The van der Waals surface area contributed by atoms with E-state index < -0.39 is 35.7 Å². The molecule has 0 amide bonds. The molecule has 0 spiro atoms. The van der Waals surface area contributed by atoms with E-state index in [2.05, 4.69) is 13.0 Å². The Bertz CT molecular complexity index is 573. The minimum atomic E-state index is -1.16. The number of carbonyl (C=O) groups excluding carboxylic acids is 1. The highest BCUT2D eigenvalue weighted by Crippen LogP contribution is 2.24. The molecular formula is C28H51NO6. The summed E-state index contributed by atoms with van der Waals surface area (Å²) in [7, 11) is 0. The maximum atomic E-state index is 11.9. The van der Waals surface area contributed by atoms with Crippen molar-refractivity contribution in [2.24, 2.45) is 17.8 Å². The van der Waals surface area contributed by atoms with Crippen molar-refractivity contribution < 1.29 is 34.2 Å². The summed E-state index contributed by atoms with van der Waals surface area (Å²) in [4.78, 5) is 35.5. The first-order chi connectivity index (χ1) is 16.7. The number of carbonyl (C=O) groups is 3. The molecule has 0 heterocycles. The summed E-state index contributed by atoms with van der Waals surface area (Å²) in [6.07, 6.45) is 16.1. The van der Waals surface area contributed by atoms with Crippen molar-refractivity contribution in [1.29, 1.82) is 0 Å². The average molecular weight is 498 g/mol. The number of carboxylic acid groups (broad SMARTS) is 3. The summed E-state index contributed by atoms with van der Waals surface area (Å²) in [5, 5.41) is 31.2. The fraction of sp³-hybridized carbons (Fsp3) is 0.821. The van der Waals surface area contributed by atoms with Crippen LogP contribution in [-0.2, 0) is 14.4 Å². The van der Waals surface area contributed by atoms with E-state index in [9.17, 15) is 29.7 Å². The lowest BCUT2D eigenvalue weighted by Gasteiger charge is -2.43. The SMILES string of the molecule is CCCCCCCCCC/C=C/C[N+](CC(CC)C(=O)[O-])(CC(CC)C(=O)O)CC(CC)C(=O)O. The first kappa shape index (κ1) is 33.1.